The van der Waals surface area contributed by atoms with Crippen LogP contribution in [0.15, 0.2) is 28.7 Å². The zero-order chi connectivity index (χ0) is 18.8. The smallest absolute Gasteiger partial charge is 0.258 e. The van der Waals surface area contributed by atoms with Gasteiger partial charge in [0, 0.05) is 0 Å². The number of aromatic nitrogens is 1. The van der Waals surface area contributed by atoms with Crippen molar-refractivity contribution in [3.8, 4) is 17.2 Å². The summed E-state index contributed by atoms with van der Waals surface area (Å²) in [5.74, 6) is 0.281. The van der Waals surface area contributed by atoms with Crippen LogP contribution in [-0.2, 0) is 0 Å². The van der Waals surface area contributed by atoms with Gasteiger partial charge in [0.05, 0.1) is 41.6 Å². The van der Waals surface area contributed by atoms with Gasteiger partial charge in [-0.05, 0) is 40.2 Å². The standard InChI is InChI=1S/C17H14BrFN2O4S/c1-23-11-7-9(13(18)15(25-3)14(11)24-2)16(22)21-17-20-10-5-4-8(19)6-12(10)26-17/h4-7H,1-3H3,(H,20,21,22). The number of thiazole rings is 1. The van der Waals surface area contributed by atoms with Gasteiger partial charge in [-0.2, -0.15) is 0 Å². The zero-order valence-corrected chi connectivity index (χ0v) is 16.5. The normalized spacial score (nSPS) is 10.7. The molecule has 2 aromatic carbocycles. The minimum atomic E-state index is -0.421. The molecule has 9 heteroatoms. The van der Waals surface area contributed by atoms with E-state index in [9.17, 15) is 9.18 Å². The number of benzene rings is 2. The van der Waals surface area contributed by atoms with Gasteiger partial charge in [0.2, 0.25) is 5.75 Å². The van der Waals surface area contributed by atoms with Crippen LogP contribution in [-0.4, -0.2) is 32.2 Å². The number of rotatable bonds is 5. The van der Waals surface area contributed by atoms with Crippen LogP contribution in [0.4, 0.5) is 9.52 Å². The van der Waals surface area contributed by atoms with E-state index < -0.39 is 5.91 Å². The van der Waals surface area contributed by atoms with Gasteiger partial charge >= 0.3 is 0 Å². The summed E-state index contributed by atoms with van der Waals surface area (Å²) in [5.41, 5.74) is 0.889. The van der Waals surface area contributed by atoms with Gasteiger partial charge in [0.25, 0.3) is 5.91 Å². The minimum Gasteiger partial charge on any atom is -0.493 e. The first kappa shape index (κ1) is 18.4. The van der Waals surface area contributed by atoms with Gasteiger partial charge in [-0.3, -0.25) is 10.1 Å². The van der Waals surface area contributed by atoms with E-state index in [1.54, 1.807) is 6.07 Å². The molecule has 0 radical (unpaired) electrons. The van der Waals surface area contributed by atoms with Gasteiger partial charge in [-0.25, -0.2) is 9.37 Å². The molecule has 0 aliphatic heterocycles. The predicted octanol–water partition coefficient (Wildman–Crippen LogP) is 4.48. The van der Waals surface area contributed by atoms with E-state index in [0.29, 0.717) is 37.1 Å². The molecule has 26 heavy (non-hydrogen) atoms. The van der Waals surface area contributed by atoms with Crippen molar-refractivity contribution >= 4 is 48.5 Å². The van der Waals surface area contributed by atoms with Crippen molar-refractivity contribution in [3.05, 3.63) is 40.1 Å². The number of hydrogen-bond donors (Lipinski definition) is 1. The Labute approximate surface area is 161 Å². The lowest BCUT2D eigenvalue weighted by molar-refractivity contribution is 0.102. The number of carbonyl (C=O) groups is 1. The topological polar surface area (TPSA) is 69.7 Å². The van der Waals surface area contributed by atoms with Crippen LogP contribution in [0.2, 0.25) is 0 Å². The molecule has 0 saturated carbocycles. The number of halogens is 2. The van der Waals surface area contributed by atoms with E-state index in [2.05, 4.69) is 26.2 Å². The molecule has 136 valence electrons. The van der Waals surface area contributed by atoms with Gasteiger partial charge in [-0.1, -0.05) is 11.3 Å². The Morgan fingerprint density at radius 3 is 2.54 bits per heavy atom. The van der Waals surface area contributed by atoms with Crippen molar-refractivity contribution in [2.75, 3.05) is 26.6 Å². The van der Waals surface area contributed by atoms with Crippen LogP contribution in [0.25, 0.3) is 10.2 Å². The number of fused-ring (bicyclic) bond motifs is 1. The lowest BCUT2D eigenvalue weighted by atomic mass is 10.1. The van der Waals surface area contributed by atoms with Crippen molar-refractivity contribution in [1.82, 2.24) is 4.98 Å². The van der Waals surface area contributed by atoms with Crippen LogP contribution < -0.4 is 19.5 Å². The fraction of sp³-hybridized carbons (Fsp3) is 0.176. The molecule has 0 aliphatic carbocycles. The summed E-state index contributed by atoms with van der Waals surface area (Å²) >= 11 is 4.55. The fourth-order valence-electron chi connectivity index (χ4n) is 2.40. The number of carbonyl (C=O) groups excluding carboxylic acids is 1. The molecule has 1 heterocycles. The Bertz CT molecular complexity index is 993. The second-order valence-corrected chi connectivity index (χ2v) is 6.92. The molecule has 1 amide bonds. The number of ether oxygens (including phenoxy) is 3. The largest absolute Gasteiger partial charge is 0.493 e. The summed E-state index contributed by atoms with van der Waals surface area (Å²) < 4.78 is 30.3. The van der Waals surface area contributed by atoms with Crippen LogP contribution in [0.1, 0.15) is 10.4 Å². The molecule has 0 aliphatic rings. The quantitative estimate of drug-likeness (QED) is 0.633. The Kier molecular flexibility index (Phi) is 5.28. The highest BCUT2D eigenvalue weighted by molar-refractivity contribution is 9.10. The van der Waals surface area contributed by atoms with E-state index in [-0.39, 0.29) is 11.4 Å². The molecule has 0 spiro atoms. The fourth-order valence-corrected chi connectivity index (χ4v) is 3.92. The summed E-state index contributed by atoms with van der Waals surface area (Å²) in [6.07, 6.45) is 0. The monoisotopic (exact) mass is 440 g/mol. The molecule has 6 nitrogen and oxygen atoms in total. The van der Waals surface area contributed by atoms with Crippen molar-refractivity contribution in [1.29, 1.82) is 0 Å². The first-order valence-electron chi connectivity index (χ1n) is 7.34. The first-order valence-corrected chi connectivity index (χ1v) is 8.95. The van der Waals surface area contributed by atoms with Gasteiger partial charge in [0.1, 0.15) is 5.82 Å². The lowest BCUT2D eigenvalue weighted by Crippen LogP contribution is -2.13. The zero-order valence-electron chi connectivity index (χ0n) is 14.1. The van der Waals surface area contributed by atoms with E-state index in [1.165, 1.54) is 50.9 Å². The maximum atomic E-state index is 13.3. The number of nitrogens with one attached hydrogen (secondary N) is 1. The second kappa shape index (κ2) is 7.46. The van der Waals surface area contributed by atoms with Gasteiger partial charge in [0.15, 0.2) is 16.6 Å². The molecule has 3 rings (SSSR count). The highest BCUT2D eigenvalue weighted by Crippen LogP contribution is 2.45. The number of amides is 1. The van der Waals surface area contributed by atoms with Crippen molar-refractivity contribution in [2.45, 2.75) is 0 Å². The third-order valence-electron chi connectivity index (χ3n) is 3.59. The van der Waals surface area contributed by atoms with Crippen LogP contribution in [0.3, 0.4) is 0 Å². The maximum Gasteiger partial charge on any atom is 0.258 e. The Morgan fingerprint density at radius 1 is 1.15 bits per heavy atom. The highest BCUT2D eigenvalue weighted by atomic mass is 79.9. The van der Waals surface area contributed by atoms with Crippen LogP contribution >= 0.6 is 27.3 Å². The molecule has 3 aromatic rings. The predicted molar refractivity (Wildman–Crippen MR) is 101 cm³/mol. The lowest BCUT2D eigenvalue weighted by Gasteiger charge is -2.16. The van der Waals surface area contributed by atoms with Crippen molar-refractivity contribution < 1.29 is 23.4 Å². The number of hydrogen-bond acceptors (Lipinski definition) is 6. The Balaban J connectivity index is 1.98. The molecule has 0 unspecified atom stereocenters. The van der Waals surface area contributed by atoms with E-state index in [4.69, 9.17) is 14.2 Å². The van der Waals surface area contributed by atoms with Gasteiger partial charge in [-0.15, -0.1) is 0 Å². The maximum absolute atomic E-state index is 13.3. The Morgan fingerprint density at radius 2 is 1.88 bits per heavy atom. The highest BCUT2D eigenvalue weighted by Gasteiger charge is 2.23. The number of methoxy groups -OCH3 is 3. The SMILES string of the molecule is COc1cc(C(=O)Nc2nc3ccc(F)cc3s2)c(Br)c(OC)c1OC. The molecule has 0 atom stereocenters. The average Bonchev–Trinajstić information content (AvgIpc) is 3.02. The minimum absolute atomic E-state index is 0.282. The second-order valence-electron chi connectivity index (χ2n) is 5.09. The first-order chi connectivity index (χ1) is 12.5. The summed E-state index contributed by atoms with van der Waals surface area (Å²) in [6, 6.07) is 5.79. The van der Waals surface area contributed by atoms with E-state index in [0.717, 1.165) is 0 Å². The average molecular weight is 441 g/mol. The summed E-state index contributed by atoms with van der Waals surface area (Å²) in [4.78, 5) is 17.0. The molecule has 1 aromatic heterocycles. The molecule has 1 N–H and O–H groups in total. The molecule has 0 saturated heterocycles. The molecule has 0 fully saturated rings. The number of anilines is 1. The molecular weight excluding hydrogens is 427 g/mol. The van der Waals surface area contributed by atoms with E-state index in [1.807, 2.05) is 0 Å². The van der Waals surface area contributed by atoms with Crippen molar-refractivity contribution in [2.24, 2.45) is 0 Å². The number of nitrogens with zero attached hydrogens (tertiary/aromatic N) is 1. The summed E-state index contributed by atoms with van der Waals surface area (Å²) in [6.45, 7) is 0. The molecule has 0 bridgehead atoms. The Hall–Kier alpha value is -2.39. The van der Waals surface area contributed by atoms with Crippen LogP contribution in [0, 0.1) is 5.82 Å². The van der Waals surface area contributed by atoms with Gasteiger partial charge < -0.3 is 14.2 Å². The van der Waals surface area contributed by atoms with Crippen molar-refractivity contribution in [3.63, 3.8) is 0 Å². The van der Waals surface area contributed by atoms with Crippen LogP contribution in [0.5, 0.6) is 17.2 Å². The third-order valence-corrected chi connectivity index (χ3v) is 5.31. The summed E-state index contributed by atoms with van der Waals surface area (Å²) in [5, 5.41) is 3.07. The van der Waals surface area contributed by atoms with E-state index >= 15 is 0 Å². The molecular formula is C17H14BrFN2O4S. The summed E-state index contributed by atoms with van der Waals surface area (Å²) in [7, 11) is 4.41. The third kappa shape index (κ3) is 3.32.